The standard InChI is InChI=1S/C14H19ClN2O5/c15-8-3-7(1-2-11(8)19)4-12(20)16-5-9-13(21)14(22)10(6-18)17-9/h1-3,9-10,13-14,17-19,21-22H,4-6H2,(H,16,20)/t9-,10-,13-,14-/m1/s1. The molecule has 1 aliphatic rings. The summed E-state index contributed by atoms with van der Waals surface area (Å²) in [5.41, 5.74) is 0.647. The molecule has 1 fully saturated rings. The van der Waals surface area contributed by atoms with Gasteiger partial charge in [-0.05, 0) is 17.7 Å². The number of hydrogen-bond acceptors (Lipinski definition) is 6. The minimum absolute atomic E-state index is 0.0480. The highest BCUT2D eigenvalue weighted by Gasteiger charge is 2.40. The Morgan fingerprint density at radius 1 is 1.27 bits per heavy atom. The van der Waals surface area contributed by atoms with Crippen LogP contribution in [0.25, 0.3) is 0 Å². The van der Waals surface area contributed by atoms with Crippen molar-refractivity contribution in [3.05, 3.63) is 28.8 Å². The van der Waals surface area contributed by atoms with Crippen molar-refractivity contribution < 1.29 is 25.2 Å². The van der Waals surface area contributed by atoms with E-state index in [1.54, 1.807) is 6.07 Å². The minimum atomic E-state index is -1.07. The number of aromatic hydroxyl groups is 1. The van der Waals surface area contributed by atoms with Crippen LogP contribution in [-0.2, 0) is 11.2 Å². The maximum absolute atomic E-state index is 11.9. The first-order chi connectivity index (χ1) is 10.4. The van der Waals surface area contributed by atoms with E-state index < -0.39 is 24.3 Å². The molecule has 6 N–H and O–H groups in total. The van der Waals surface area contributed by atoms with E-state index in [1.807, 2.05) is 0 Å². The molecular formula is C14H19ClN2O5. The van der Waals surface area contributed by atoms with Crippen LogP contribution in [0.3, 0.4) is 0 Å². The fourth-order valence-corrected chi connectivity index (χ4v) is 2.62. The molecule has 0 spiro atoms. The summed E-state index contributed by atoms with van der Waals surface area (Å²) in [7, 11) is 0. The van der Waals surface area contributed by atoms with Crippen LogP contribution in [0.5, 0.6) is 5.75 Å². The Morgan fingerprint density at radius 3 is 2.55 bits per heavy atom. The Kier molecular flexibility index (Phi) is 5.60. The zero-order valence-electron chi connectivity index (χ0n) is 11.7. The van der Waals surface area contributed by atoms with Crippen LogP contribution in [0, 0.1) is 0 Å². The summed E-state index contributed by atoms with van der Waals surface area (Å²) >= 11 is 5.77. The van der Waals surface area contributed by atoms with Crippen molar-refractivity contribution in [2.75, 3.05) is 13.2 Å². The number of aliphatic hydroxyl groups excluding tert-OH is 3. The van der Waals surface area contributed by atoms with Gasteiger partial charge in [0.05, 0.1) is 42.3 Å². The van der Waals surface area contributed by atoms with Crippen molar-refractivity contribution >= 4 is 17.5 Å². The number of aliphatic hydroxyl groups is 3. The average molecular weight is 331 g/mol. The molecule has 4 atom stereocenters. The lowest BCUT2D eigenvalue weighted by atomic mass is 10.1. The van der Waals surface area contributed by atoms with Gasteiger partial charge in [0, 0.05) is 6.54 Å². The number of hydrogen-bond donors (Lipinski definition) is 6. The normalized spacial score (nSPS) is 27.8. The van der Waals surface area contributed by atoms with E-state index in [9.17, 15) is 20.1 Å². The van der Waals surface area contributed by atoms with Crippen molar-refractivity contribution in [3.8, 4) is 5.75 Å². The van der Waals surface area contributed by atoms with Gasteiger partial charge in [0.25, 0.3) is 0 Å². The van der Waals surface area contributed by atoms with E-state index in [1.165, 1.54) is 12.1 Å². The maximum atomic E-state index is 11.9. The van der Waals surface area contributed by atoms with E-state index >= 15 is 0 Å². The van der Waals surface area contributed by atoms with Crippen LogP contribution in [0.4, 0.5) is 0 Å². The van der Waals surface area contributed by atoms with Crippen LogP contribution in [0.2, 0.25) is 5.02 Å². The predicted octanol–water partition coefficient (Wildman–Crippen LogP) is -1.24. The minimum Gasteiger partial charge on any atom is -0.506 e. The molecule has 1 aliphatic heterocycles. The smallest absolute Gasteiger partial charge is 0.224 e. The Labute approximate surface area is 132 Å². The molecule has 0 aromatic heterocycles. The first-order valence-corrected chi connectivity index (χ1v) is 7.27. The quantitative estimate of drug-likeness (QED) is 0.401. The third-order valence-corrected chi connectivity index (χ3v) is 4.00. The van der Waals surface area contributed by atoms with Gasteiger partial charge in [-0.15, -0.1) is 0 Å². The van der Waals surface area contributed by atoms with Crippen LogP contribution >= 0.6 is 11.6 Å². The molecular weight excluding hydrogens is 312 g/mol. The zero-order chi connectivity index (χ0) is 16.3. The Hall–Kier alpha value is -1.38. The van der Waals surface area contributed by atoms with Crippen LogP contribution in [-0.4, -0.2) is 63.8 Å². The van der Waals surface area contributed by atoms with E-state index in [2.05, 4.69) is 10.6 Å². The molecule has 7 nitrogen and oxygen atoms in total. The summed E-state index contributed by atoms with van der Waals surface area (Å²) in [6.45, 7) is -0.173. The molecule has 2 rings (SSSR count). The van der Waals surface area contributed by atoms with E-state index in [4.69, 9.17) is 16.7 Å². The highest BCUT2D eigenvalue weighted by atomic mass is 35.5. The summed E-state index contributed by atoms with van der Waals surface area (Å²) in [6, 6.07) is 3.38. The Balaban J connectivity index is 1.84. The third-order valence-electron chi connectivity index (χ3n) is 3.70. The molecule has 0 unspecified atom stereocenters. The lowest BCUT2D eigenvalue weighted by molar-refractivity contribution is -0.120. The number of phenols is 1. The second kappa shape index (κ2) is 7.26. The lowest BCUT2D eigenvalue weighted by Crippen LogP contribution is -2.44. The van der Waals surface area contributed by atoms with Gasteiger partial charge >= 0.3 is 0 Å². The topological polar surface area (TPSA) is 122 Å². The molecule has 1 amide bonds. The van der Waals surface area contributed by atoms with Gasteiger partial charge in [-0.25, -0.2) is 0 Å². The number of phenolic OH excluding ortho intramolecular Hbond substituents is 1. The molecule has 22 heavy (non-hydrogen) atoms. The summed E-state index contributed by atoms with van der Waals surface area (Å²) in [4.78, 5) is 11.9. The van der Waals surface area contributed by atoms with Gasteiger partial charge in [-0.1, -0.05) is 17.7 Å². The van der Waals surface area contributed by atoms with E-state index in [0.717, 1.165) is 0 Å². The van der Waals surface area contributed by atoms with Gasteiger partial charge in [0.1, 0.15) is 5.75 Å². The van der Waals surface area contributed by atoms with Crippen molar-refractivity contribution in [3.63, 3.8) is 0 Å². The van der Waals surface area contributed by atoms with Gasteiger partial charge in [0.15, 0.2) is 0 Å². The SMILES string of the molecule is O=C(Cc1ccc(O)c(Cl)c1)NC[C@H]1N[C@H](CO)[C@@H](O)[C@@H]1O. The second-order valence-corrected chi connectivity index (χ2v) is 5.72. The first kappa shape index (κ1) is 17.0. The predicted molar refractivity (Wildman–Crippen MR) is 79.6 cm³/mol. The molecule has 0 radical (unpaired) electrons. The number of carbonyl (C=O) groups is 1. The number of amides is 1. The van der Waals surface area contributed by atoms with E-state index in [0.29, 0.717) is 5.56 Å². The molecule has 1 heterocycles. The molecule has 122 valence electrons. The monoisotopic (exact) mass is 330 g/mol. The van der Waals surface area contributed by atoms with Gasteiger partial charge in [0.2, 0.25) is 5.91 Å². The maximum Gasteiger partial charge on any atom is 0.224 e. The molecule has 1 aromatic rings. The number of rotatable bonds is 5. The zero-order valence-corrected chi connectivity index (χ0v) is 12.5. The second-order valence-electron chi connectivity index (χ2n) is 5.31. The fraction of sp³-hybridized carbons (Fsp3) is 0.500. The largest absolute Gasteiger partial charge is 0.506 e. The molecule has 0 bridgehead atoms. The summed E-state index contributed by atoms with van der Waals surface area (Å²) < 4.78 is 0. The Bertz CT molecular complexity index is 542. The van der Waals surface area contributed by atoms with Crippen molar-refractivity contribution in [2.45, 2.75) is 30.7 Å². The number of carbonyl (C=O) groups excluding carboxylic acids is 1. The molecule has 1 aromatic carbocycles. The van der Waals surface area contributed by atoms with Crippen LogP contribution in [0.15, 0.2) is 18.2 Å². The van der Waals surface area contributed by atoms with Crippen molar-refractivity contribution in [2.24, 2.45) is 0 Å². The molecule has 8 heteroatoms. The van der Waals surface area contributed by atoms with Crippen molar-refractivity contribution in [1.29, 1.82) is 0 Å². The fourth-order valence-electron chi connectivity index (χ4n) is 2.42. The van der Waals surface area contributed by atoms with Crippen LogP contribution in [0.1, 0.15) is 5.56 Å². The molecule has 1 saturated heterocycles. The van der Waals surface area contributed by atoms with Gasteiger partial charge in [-0.2, -0.15) is 0 Å². The third kappa shape index (κ3) is 3.88. The Morgan fingerprint density at radius 2 is 1.95 bits per heavy atom. The molecule has 0 saturated carbocycles. The van der Waals surface area contributed by atoms with Crippen LogP contribution < -0.4 is 10.6 Å². The van der Waals surface area contributed by atoms with E-state index in [-0.39, 0.29) is 36.3 Å². The lowest BCUT2D eigenvalue weighted by Gasteiger charge is -2.16. The highest BCUT2D eigenvalue weighted by molar-refractivity contribution is 6.32. The number of benzene rings is 1. The number of halogens is 1. The average Bonchev–Trinajstić information content (AvgIpc) is 2.76. The summed E-state index contributed by atoms with van der Waals surface area (Å²) in [6.07, 6.45) is -2.04. The van der Waals surface area contributed by atoms with Crippen molar-refractivity contribution in [1.82, 2.24) is 10.6 Å². The van der Waals surface area contributed by atoms with Gasteiger partial charge < -0.3 is 31.1 Å². The molecule has 0 aliphatic carbocycles. The number of nitrogens with one attached hydrogen (secondary N) is 2. The highest BCUT2D eigenvalue weighted by Crippen LogP contribution is 2.23. The summed E-state index contributed by atoms with van der Waals surface area (Å²) in [5.74, 6) is -0.328. The van der Waals surface area contributed by atoms with Gasteiger partial charge in [-0.3, -0.25) is 4.79 Å². The first-order valence-electron chi connectivity index (χ1n) is 6.89. The summed E-state index contributed by atoms with van der Waals surface area (Å²) in [5, 5.41) is 43.5.